The lowest BCUT2D eigenvalue weighted by atomic mass is 10.1. The Kier molecular flexibility index (Phi) is 4.73. The van der Waals surface area contributed by atoms with Crippen LogP contribution in [0.2, 0.25) is 0 Å². The van der Waals surface area contributed by atoms with Crippen LogP contribution in [0.4, 0.5) is 0 Å². The first-order valence-corrected chi connectivity index (χ1v) is 9.03. The molecule has 4 rings (SSSR count). The van der Waals surface area contributed by atoms with Gasteiger partial charge in [0.15, 0.2) is 0 Å². The molecule has 1 aliphatic rings. The van der Waals surface area contributed by atoms with E-state index in [2.05, 4.69) is 9.88 Å². The summed E-state index contributed by atoms with van der Waals surface area (Å²) >= 11 is 0. The highest BCUT2D eigenvalue weighted by Crippen LogP contribution is 2.18. The molecule has 1 amide bonds. The number of nitrogens with zero attached hydrogens (tertiary/aromatic N) is 2. The molecule has 1 atom stereocenters. The molecule has 1 fully saturated rings. The molecule has 0 radical (unpaired) electrons. The zero-order chi connectivity index (χ0) is 17.9. The number of benzene rings is 2. The second-order valence-electron chi connectivity index (χ2n) is 6.79. The monoisotopic (exact) mass is 349 g/mol. The molecule has 0 bridgehead atoms. The third kappa shape index (κ3) is 3.49. The quantitative estimate of drug-likeness (QED) is 0.761. The van der Waals surface area contributed by atoms with Gasteiger partial charge in [-0.15, -0.1) is 0 Å². The number of rotatable bonds is 4. The summed E-state index contributed by atoms with van der Waals surface area (Å²) in [5.41, 5.74) is 2.56. The van der Waals surface area contributed by atoms with E-state index >= 15 is 0 Å². The molecule has 2 N–H and O–H groups in total. The Morgan fingerprint density at radius 3 is 2.42 bits per heavy atom. The van der Waals surface area contributed by atoms with Crippen LogP contribution in [-0.4, -0.2) is 58.5 Å². The van der Waals surface area contributed by atoms with Crippen LogP contribution in [0, 0.1) is 0 Å². The molecule has 2 aromatic carbocycles. The average molecular weight is 349 g/mol. The second kappa shape index (κ2) is 7.32. The van der Waals surface area contributed by atoms with E-state index in [1.165, 1.54) is 0 Å². The Labute approximate surface area is 152 Å². The zero-order valence-electron chi connectivity index (χ0n) is 14.6. The summed E-state index contributed by atoms with van der Waals surface area (Å²) in [4.78, 5) is 20.1. The summed E-state index contributed by atoms with van der Waals surface area (Å²) in [5, 5.41) is 11.4. The van der Waals surface area contributed by atoms with E-state index in [1.54, 1.807) is 0 Å². The van der Waals surface area contributed by atoms with E-state index in [0.29, 0.717) is 25.3 Å². The van der Waals surface area contributed by atoms with Gasteiger partial charge in [-0.1, -0.05) is 48.5 Å². The van der Waals surface area contributed by atoms with Crippen molar-refractivity contribution >= 4 is 16.8 Å². The highest BCUT2D eigenvalue weighted by molar-refractivity contribution is 5.98. The predicted molar refractivity (Wildman–Crippen MR) is 102 cm³/mol. The molecule has 0 aliphatic carbocycles. The fourth-order valence-electron chi connectivity index (χ4n) is 3.52. The molecule has 0 spiro atoms. The molecule has 1 aliphatic heterocycles. The molecule has 2 heterocycles. The molecule has 1 aromatic heterocycles. The third-order valence-electron chi connectivity index (χ3n) is 5.04. The first-order valence-electron chi connectivity index (χ1n) is 9.03. The van der Waals surface area contributed by atoms with Crippen molar-refractivity contribution in [1.29, 1.82) is 0 Å². The van der Waals surface area contributed by atoms with Crippen molar-refractivity contribution in [3.63, 3.8) is 0 Å². The summed E-state index contributed by atoms with van der Waals surface area (Å²) in [5.74, 6) is 0.0458. The van der Waals surface area contributed by atoms with Crippen molar-refractivity contribution in [2.24, 2.45) is 0 Å². The van der Waals surface area contributed by atoms with Crippen molar-refractivity contribution in [2.75, 3.05) is 32.7 Å². The van der Waals surface area contributed by atoms with Gasteiger partial charge in [-0.3, -0.25) is 9.69 Å². The largest absolute Gasteiger partial charge is 0.387 e. The van der Waals surface area contributed by atoms with E-state index < -0.39 is 6.10 Å². The molecular weight excluding hydrogens is 326 g/mol. The van der Waals surface area contributed by atoms with Gasteiger partial charge in [0.2, 0.25) is 0 Å². The number of hydrogen-bond donors (Lipinski definition) is 2. The van der Waals surface area contributed by atoms with Gasteiger partial charge < -0.3 is 15.0 Å². The van der Waals surface area contributed by atoms with Crippen LogP contribution in [-0.2, 0) is 0 Å². The lowest BCUT2D eigenvalue weighted by Crippen LogP contribution is -2.49. The Morgan fingerprint density at radius 1 is 1.00 bits per heavy atom. The number of aromatic amines is 1. The third-order valence-corrected chi connectivity index (χ3v) is 5.04. The van der Waals surface area contributed by atoms with Crippen molar-refractivity contribution < 1.29 is 9.90 Å². The van der Waals surface area contributed by atoms with Crippen molar-refractivity contribution in [1.82, 2.24) is 14.8 Å². The van der Waals surface area contributed by atoms with Crippen LogP contribution in [0.3, 0.4) is 0 Å². The van der Waals surface area contributed by atoms with E-state index in [-0.39, 0.29) is 5.91 Å². The topological polar surface area (TPSA) is 59.6 Å². The number of aliphatic hydroxyl groups is 1. The normalized spacial score (nSPS) is 16.7. The van der Waals surface area contributed by atoms with E-state index in [0.717, 1.165) is 29.6 Å². The maximum absolute atomic E-state index is 12.7. The second-order valence-corrected chi connectivity index (χ2v) is 6.79. The highest BCUT2D eigenvalue weighted by atomic mass is 16.3. The number of nitrogens with one attached hydrogen (secondary N) is 1. The van der Waals surface area contributed by atoms with E-state index in [4.69, 9.17) is 0 Å². The number of amides is 1. The molecule has 3 aromatic rings. The number of para-hydroxylation sites is 1. The minimum absolute atomic E-state index is 0.0458. The van der Waals surface area contributed by atoms with Crippen LogP contribution in [0.1, 0.15) is 22.2 Å². The van der Waals surface area contributed by atoms with Crippen LogP contribution in [0.15, 0.2) is 60.7 Å². The summed E-state index contributed by atoms with van der Waals surface area (Å²) in [6, 6.07) is 19.6. The van der Waals surface area contributed by atoms with Gasteiger partial charge in [-0.05, 0) is 17.7 Å². The SMILES string of the molecule is O=C(c1cc2ccccc2[nH]1)N1CCN(CC(O)c2ccccc2)CC1. The zero-order valence-corrected chi connectivity index (χ0v) is 14.6. The summed E-state index contributed by atoms with van der Waals surface area (Å²) in [6.45, 7) is 3.50. The Bertz CT molecular complexity index is 849. The molecular formula is C21H23N3O2. The summed E-state index contributed by atoms with van der Waals surface area (Å²) in [7, 11) is 0. The molecule has 134 valence electrons. The van der Waals surface area contributed by atoms with E-state index in [1.807, 2.05) is 65.6 Å². The predicted octanol–water partition coefficient (Wildman–Crippen LogP) is 2.66. The van der Waals surface area contributed by atoms with Gasteiger partial charge >= 0.3 is 0 Å². The van der Waals surface area contributed by atoms with Crippen LogP contribution < -0.4 is 0 Å². The van der Waals surface area contributed by atoms with Gasteiger partial charge in [0.05, 0.1) is 6.10 Å². The fraction of sp³-hybridized carbons (Fsp3) is 0.286. The number of H-pyrrole nitrogens is 1. The lowest BCUT2D eigenvalue weighted by molar-refractivity contribution is 0.0524. The molecule has 5 heteroatoms. The van der Waals surface area contributed by atoms with Crippen molar-refractivity contribution in [3.05, 3.63) is 71.9 Å². The number of β-amino-alcohol motifs (C(OH)–C–C–N with tert-alkyl or cyclic N) is 1. The molecule has 26 heavy (non-hydrogen) atoms. The van der Waals surface area contributed by atoms with Crippen molar-refractivity contribution in [3.8, 4) is 0 Å². The van der Waals surface area contributed by atoms with Gasteiger partial charge in [-0.25, -0.2) is 0 Å². The van der Waals surface area contributed by atoms with Gasteiger partial charge in [0.25, 0.3) is 5.91 Å². The van der Waals surface area contributed by atoms with Crippen LogP contribution >= 0.6 is 0 Å². The maximum atomic E-state index is 12.7. The van der Waals surface area contributed by atoms with Gasteiger partial charge in [0, 0.05) is 43.6 Å². The molecule has 5 nitrogen and oxygen atoms in total. The Morgan fingerprint density at radius 2 is 1.69 bits per heavy atom. The lowest BCUT2D eigenvalue weighted by Gasteiger charge is -2.35. The fourth-order valence-corrected chi connectivity index (χ4v) is 3.52. The number of fused-ring (bicyclic) bond motifs is 1. The molecule has 1 saturated heterocycles. The maximum Gasteiger partial charge on any atom is 0.270 e. The number of carbonyl (C=O) groups is 1. The minimum atomic E-state index is -0.493. The number of piperazine rings is 1. The number of aromatic nitrogens is 1. The number of hydrogen-bond acceptors (Lipinski definition) is 3. The molecule has 0 saturated carbocycles. The Balaban J connectivity index is 1.35. The van der Waals surface area contributed by atoms with Gasteiger partial charge in [-0.2, -0.15) is 0 Å². The number of carbonyl (C=O) groups excluding carboxylic acids is 1. The molecule has 1 unspecified atom stereocenters. The first-order chi connectivity index (χ1) is 12.7. The number of aliphatic hydroxyl groups excluding tert-OH is 1. The van der Waals surface area contributed by atoms with Crippen molar-refractivity contribution in [2.45, 2.75) is 6.10 Å². The summed E-state index contributed by atoms with van der Waals surface area (Å²) < 4.78 is 0. The standard InChI is InChI=1S/C21H23N3O2/c25-20(16-6-2-1-3-7-16)15-23-10-12-24(13-11-23)21(26)19-14-17-8-4-5-9-18(17)22-19/h1-9,14,20,22,25H,10-13,15H2. The average Bonchev–Trinajstić information content (AvgIpc) is 3.13. The smallest absolute Gasteiger partial charge is 0.270 e. The van der Waals surface area contributed by atoms with E-state index in [9.17, 15) is 9.90 Å². The summed E-state index contributed by atoms with van der Waals surface area (Å²) in [6.07, 6.45) is -0.493. The first kappa shape index (κ1) is 16.8. The van der Waals surface area contributed by atoms with Crippen LogP contribution in [0.5, 0.6) is 0 Å². The highest BCUT2D eigenvalue weighted by Gasteiger charge is 2.24. The Hall–Kier alpha value is -2.63. The minimum Gasteiger partial charge on any atom is -0.387 e. The van der Waals surface area contributed by atoms with Crippen LogP contribution in [0.25, 0.3) is 10.9 Å². The van der Waals surface area contributed by atoms with Gasteiger partial charge in [0.1, 0.15) is 5.69 Å².